The zero-order valence-electron chi connectivity index (χ0n) is 13.6. The molecule has 4 nitrogen and oxygen atoms in total. The van der Waals surface area contributed by atoms with Crippen molar-refractivity contribution in [3.8, 4) is 0 Å². The topological polar surface area (TPSA) is 57.6 Å². The van der Waals surface area contributed by atoms with Gasteiger partial charge in [0.25, 0.3) is 5.91 Å². The van der Waals surface area contributed by atoms with Gasteiger partial charge in [-0.25, -0.2) is 4.79 Å². The molecule has 2 aromatic carbocycles. The van der Waals surface area contributed by atoms with Gasteiger partial charge in [0.2, 0.25) is 0 Å². The summed E-state index contributed by atoms with van der Waals surface area (Å²) in [5.74, 6) is -1.02. The van der Waals surface area contributed by atoms with Crippen LogP contribution in [0.15, 0.2) is 60.7 Å². The molecule has 0 bridgehead atoms. The fourth-order valence-electron chi connectivity index (χ4n) is 3.17. The normalized spacial score (nSPS) is 17.6. The van der Waals surface area contributed by atoms with Crippen molar-refractivity contribution in [2.45, 2.75) is 6.42 Å². The lowest BCUT2D eigenvalue weighted by Crippen LogP contribution is -2.28. The summed E-state index contributed by atoms with van der Waals surface area (Å²) < 4.78 is 0. The van der Waals surface area contributed by atoms with Crippen molar-refractivity contribution in [1.82, 2.24) is 4.90 Å². The van der Waals surface area contributed by atoms with E-state index >= 15 is 0 Å². The van der Waals surface area contributed by atoms with E-state index in [9.17, 15) is 14.7 Å². The van der Waals surface area contributed by atoms with Gasteiger partial charge in [0.1, 0.15) is 0 Å². The second-order valence-electron chi connectivity index (χ2n) is 6.05. The van der Waals surface area contributed by atoms with Gasteiger partial charge < -0.3 is 10.0 Å². The molecule has 1 amide bonds. The van der Waals surface area contributed by atoms with Gasteiger partial charge in [0.15, 0.2) is 0 Å². The Morgan fingerprint density at radius 3 is 2.36 bits per heavy atom. The summed E-state index contributed by atoms with van der Waals surface area (Å²) in [4.78, 5) is 25.6. The Morgan fingerprint density at radius 2 is 1.72 bits per heavy atom. The highest BCUT2D eigenvalue weighted by Crippen LogP contribution is 2.32. The lowest BCUT2D eigenvalue weighted by molar-refractivity contribution is -0.131. The fourth-order valence-corrected chi connectivity index (χ4v) is 3.30. The van der Waals surface area contributed by atoms with Gasteiger partial charge in [-0.2, -0.15) is 0 Å². The maximum atomic E-state index is 12.6. The molecule has 0 spiro atoms. The zero-order chi connectivity index (χ0) is 17.8. The van der Waals surface area contributed by atoms with E-state index in [1.165, 1.54) is 6.08 Å². The molecule has 1 aliphatic heterocycles. The average Bonchev–Trinajstić information content (AvgIpc) is 3.10. The zero-order valence-corrected chi connectivity index (χ0v) is 14.3. The molecule has 1 aliphatic rings. The van der Waals surface area contributed by atoms with Crippen LogP contribution in [0.4, 0.5) is 0 Å². The van der Waals surface area contributed by atoms with E-state index < -0.39 is 5.97 Å². The van der Waals surface area contributed by atoms with Crippen molar-refractivity contribution in [2.75, 3.05) is 13.1 Å². The molecule has 25 heavy (non-hydrogen) atoms. The number of amides is 1. The predicted molar refractivity (Wildman–Crippen MR) is 97.5 cm³/mol. The van der Waals surface area contributed by atoms with Crippen LogP contribution in [-0.2, 0) is 4.79 Å². The number of carboxylic acid groups (broad SMARTS) is 1. The van der Waals surface area contributed by atoms with Gasteiger partial charge in [-0.1, -0.05) is 41.9 Å². The van der Waals surface area contributed by atoms with Crippen LogP contribution in [0, 0.1) is 5.92 Å². The highest BCUT2D eigenvalue weighted by molar-refractivity contribution is 6.30. The quantitative estimate of drug-likeness (QED) is 0.844. The molecule has 1 fully saturated rings. The number of aliphatic carboxylic acids is 1. The van der Waals surface area contributed by atoms with Gasteiger partial charge in [-0.15, -0.1) is 0 Å². The van der Waals surface area contributed by atoms with Gasteiger partial charge >= 0.3 is 5.97 Å². The summed E-state index contributed by atoms with van der Waals surface area (Å²) in [6.45, 7) is 1.12. The standard InChI is InChI=1S/C20H18ClNO3/c21-17-8-6-14(7-9-17)18(12-19(23)24)16-10-11-22(13-16)20(25)15-4-2-1-3-5-15/h1-9,12,16H,10-11,13H2,(H,23,24)/b18-12+. The van der Waals surface area contributed by atoms with E-state index in [1.54, 1.807) is 29.2 Å². The van der Waals surface area contributed by atoms with Crippen molar-refractivity contribution < 1.29 is 14.7 Å². The molecule has 0 aromatic heterocycles. The van der Waals surface area contributed by atoms with Crippen LogP contribution in [0.2, 0.25) is 5.02 Å². The van der Waals surface area contributed by atoms with E-state index in [0.717, 1.165) is 17.6 Å². The van der Waals surface area contributed by atoms with Crippen molar-refractivity contribution >= 4 is 29.1 Å². The van der Waals surface area contributed by atoms with Crippen LogP contribution in [0.5, 0.6) is 0 Å². The molecule has 1 saturated heterocycles. The smallest absolute Gasteiger partial charge is 0.328 e. The van der Waals surface area contributed by atoms with Crippen LogP contribution < -0.4 is 0 Å². The number of rotatable bonds is 4. The molecule has 128 valence electrons. The first-order valence-electron chi connectivity index (χ1n) is 8.09. The van der Waals surface area contributed by atoms with Crippen molar-refractivity contribution in [1.29, 1.82) is 0 Å². The lowest BCUT2D eigenvalue weighted by Gasteiger charge is -2.18. The summed E-state index contributed by atoms with van der Waals surface area (Å²) in [6.07, 6.45) is 1.98. The van der Waals surface area contributed by atoms with Crippen LogP contribution in [0.1, 0.15) is 22.3 Å². The number of carbonyl (C=O) groups is 2. The minimum Gasteiger partial charge on any atom is -0.478 e. The molecule has 2 aromatic rings. The third kappa shape index (κ3) is 4.09. The molecule has 0 radical (unpaired) electrons. The number of halogens is 1. The highest BCUT2D eigenvalue weighted by atomic mass is 35.5. The molecular formula is C20H18ClNO3. The number of hydrogen-bond donors (Lipinski definition) is 1. The lowest BCUT2D eigenvalue weighted by atomic mass is 9.91. The van der Waals surface area contributed by atoms with E-state index in [1.807, 2.05) is 30.3 Å². The Kier molecular flexibility index (Phi) is 5.19. The first-order valence-corrected chi connectivity index (χ1v) is 8.47. The third-order valence-electron chi connectivity index (χ3n) is 4.39. The van der Waals surface area contributed by atoms with Crippen molar-refractivity contribution in [3.05, 3.63) is 76.8 Å². The fraction of sp³-hybridized carbons (Fsp3) is 0.200. The summed E-state index contributed by atoms with van der Waals surface area (Å²) >= 11 is 5.93. The monoisotopic (exact) mass is 355 g/mol. The number of carbonyl (C=O) groups excluding carboxylic acids is 1. The molecule has 1 N–H and O–H groups in total. The second-order valence-corrected chi connectivity index (χ2v) is 6.48. The van der Waals surface area contributed by atoms with Gasteiger partial charge in [0.05, 0.1) is 0 Å². The Hall–Kier alpha value is -2.59. The molecule has 1 atom stereocenters. The molecular weight excluding hydrogens is 338 g/mol. The van der Waals surface area contributed by atoms with Gasteiger partial charge in [-0.05, 0) is 41.8 Å². The van der Waals surface area contributed by atoms with Crippen LogP contribution in [0.25, 0.3) is 5.57 Å². The van der Waals surface area contributed by atoms with E-state index in [-0.39, 0.29) is 11.8 Å². The molecule has 3 rings (SSSR count). The number of likely N-dealkylation sites (tertiary alicyclic amines) is 1. The SMILES string of the molecule is O=C(O)/C=C(\c1ccc(Cl)cc1)C1CCN(C(=O)c2ccccc2)C1. The number of hydrogen-bond acceptors (Lipinski definition) is 2. The van der Waals surface area contributed by atoms with Crippen LogP contribution in [-0.4, -0.2) is 35.0 Å². The first kappa shape index (κ1) is 17.2. The average molecular weight is 356 g/mol. The molecule has 0 aliphatic carbocycles. The largest absolute Gasteiger partial charge is 0.478 e. The molecule has 0 saturated carbocycles. The number of carboxylic acids is 1. The van der Waals surface area contributed by atoms with Crippen molar-refractivity contribution in [2.24, 2.45) is 5.92 Å². The Morgan fingerprint density at radius 1 is 1.04 bits per heavy atom. The minimum atomic E-state index is -0.988. The summed E-state index contributed by atoms with van der Waals surface area (Å²) in [5.41, 5.74) is 2.21. The van der Waals surface area contributed by atoms with E-state index in [4.69, 9.17) is 11.6 Å². The van der Waals surface area contributed by atoms with Crippen LogP contribution >= 0.6 is 11.6 Å². The molecule has 1 heterocycles. The van der Waals surface area contributed by atoms with E-state index in [2.05, 4.69) is 0 Å². The number of benzene rings is 2. The Bertz CT molecular complexity index is 799. The van der Waals surface area contributed by atoms with E-state index in [0.29, 0.717) is 23.7 Å². The third-order valence-corrected chi connectivity index (χ3v) is 4.64. The molecule has 5 heteroatoms. The van der Waals surface area contributed by atoms with Crippen molar-refractivity contribution in [3.63, 3.8) is 0 Å². The number of nitrogens with zero attached hydrogens (tertiary/aromatic N) is 1. The first-order chi connectivity index (χ1) is 12.0. The minimum absolute atomic E-state index is 0.00932. The summed E-state index contributed by atoms with van der Waals surface area (Å²) in [7, 11) is 0. The predicted octanol–water partition coefficient (Wildman–Crippen LogP) is 3.97. The maximum absolute atomic E-state index is 12.6. The molecule has 1 unspecified atom stereocenters. The second kappa shape index (κ2) is 7.53. The van der Waals surface area contributed by atoms with Gasteiger partial charge in [-0.3, -0.25) is 4.79 Å². The Balaban J connectivity index is 1.81. The summed E-state index contributed by atoms with van der Waals surface area (Å²) in [6, 6.07) is 16.3. The Labute approximate surface area is 151 Å². The highest BCUT2D eigenvalue weighted by Gasteiger charge is 2.30. The van der Waals surface area contributed by atoms with Gasteiger partial charge in [0, 0.05) is 35.7 Å². The summed E-state index contributed by atoms with van der Waals surface area (Å²) in [5, 5.41) is 9.83. The maximum Gasteiger partial charge on any atom is 0.328 e. The van der Waals surface area contributed by atoms with Crippen LogP contribution in [0.3, 0.4) is 0 Å².